The van der Waals surface area contributed by atoms with Crippen LogP contribution in [0.4, 0.5) is 16.0 Å². The summed E-state index contributed by atoms with van der Waals surface area (Å²) in [6.45, 7) is 1.85. The Hall–Kier alpha value is -3.68. The Labute approximate surface area is 199 Å². The van der Waals surface area contributed by atoms with Gasteiger partial charge in [0.15, 0.2) is 17.3 Å². The number of imidazole rings is 1. The Kier molecular flexibility index (Phi) is 5.58. The fraction of sp³-hybridized carbons (Fsp3) is 0.143. The van der Waals surface area contributed by atoms with Crippen LogP contribution in [0, 0.1) is 5.82 Å². The maximum absolute atomic E-state index is 13.6. The number of nitrogens with one attached hydrogen (secondary N) is 3. The van der Waals surface area contributed by atoms with Gasteiger partial charge in [0, 0.05) is 4.43 Å². The summed E-state index contributed by atoms with van der Waals surface area (Å²) in [6, 6.07) is 7.83. The van der Waals surface area contributed by atoms with Gasteiger partial charge < -0.3 is 10.3 Å². The van der Waals surface area contributed by atoms with Gasteiger partial charge in [-0.3, -0.25) is 10.2 Å². The molecule has 0 amide bonds. The van der Waals surface area contributed by atoms with E-state index in [2.05, 4.69) is 58.3 Å². The minimum atomic E-state index is -0.473. The summed E-state index contributed by atoms with van der Waals surface area (Å²) < 4.78 is 15.3. The van der Waals surface area contributed by atoms with E-state index in [1.54, 1.807) is 6.07 Å². The van der Waals surface area contributed by atoms with Crippen molar-refractivity contribution < 1.29 is 4.39 Å². The average Bonchev–Trinajstić information content (AvgIpc) is 3.31. The number of pyridine rings is 1. The highest BCUT2D eigenvalue weighted by Gasteiger charge is 2.20. The molecule has 12 heteroatoms. The maximum Gasteiger partial charge on any atom is 0.280 e. The first-order chi connectivity index (χ1) is 16.0. The van der Waals surface area contributed by atoms with E-state index >= 15 is 0 Å². The highest BCUT2D eigenvalue weighted by molar-refractivity contribution is 14.1. The van der Waals surface area contributed by atoms with Gasteiger partial charge in [-0.2, -0.15) is 0 Å². The number of H-pyrrole nitrogens is 1. The fourth-order valence-corrected chi connectivity index (χ4v) is 4.16. The quantitative estimate of drug-likeness (QED) is 0.214. The zero-order chi connectivity index (χ0) is 22.9. The molecule has 3 N–H and O–H groups in total. The SMILES string of the molecule is CC(Nc1ncnc2[nH]cnc12)c1nc2cccc(CI)c2c(=O)n1Nc1ccc(F)cn1. The van der Waals surface area contributed by atoms with Gasteiger partial charge in [-0.25, -0.2) is 34.0 Å². The van der Waals surface area contributed by atoms with E-state index < -0.39 is 11.9 Å². The number of alkyl halides is 1. The third-order valence-electron chi connectivity index (χ3n) is 5.07. The van der Waals surface area contributed by atoms with Crippen molar-refractivity contribution in [2.24, 2.45) is 0 Å². The maximum atomic E-state index is 13.6. The summed E-state index contributed by atoms with van der Waals surface area (Å²) in [6.07, 6.45) is 4.03. The van der Waals surface area contributed by atoms with E-state index in [0.717, 1.165) is 11.8 Å². The molecule has 1 atom stereocenters. The van der Waals surface area contributed by atoms with E-state index in [1.807, 2.05) is 19.1 Å². The molecule has 0 aliphatic rings. The lowest BCUT2D eigenvalue weighted by molar-refractivity contribution is 0.621. The van der Waals surface area contributed by atoms with Crippen LogP contribution >= 0.6 is 22.6 Å². The van der Waals surface area contributed by atoms with Crippen LogP contribution in [0.25, 0.3) is 22.1 Å². The number of nitrogens with zero attached hydrogens (tertiary/aromatic N) is 6. The number of hydrogen-bond donors (Lipinski definition) is 3. The first-order valence-corrected chi connectivity index (χ1v) is 11.5. The molecule has 0 bridgehead atoms. The van der Waals surface area contributed by atoms with Gasteiger partial charge in [-0.15, -0.1) is 0 Å². The topological polar surface area (TPSA) is 126 Å². The van der Waals surface area contributed by atoms with Crippen molar-refractivity contribution in [3.05, 3.63) is 76.7 Å². The first-order valence-electron chi connectivity index (χ1n) is 9.95. The molecule has 0 aliphatic heterocycles. The van der Waals surface area contributed by atoms with Gasteiger partial charge >= 0.3 is 0 Å². The van der Waals surface area contributed by atoms with E-state index in [4.69, 9.17) is 4.98 Å². The van der Waals surface area contributed by atoms with Crippen LogP contribution in [0.2, 0.25) is 0 Å². The van der Waals surface area contributed by atoms with Crippen molar-refractivity contribution in [2.75, 3.05) is 10.7 Å². The molecule has 5 aromatic rings. The number of benzene rings is 1. The molecular formula is C21H17FIN9O. The minimum Gasteiger partial charge on any atom is -0.358 e. The Bertz CT molecular complexity index is 1520. The number of aromatic nitrogens is 7. The lowest BCUT2D eigenvalue weighted by Crippen LogP contribution is -2.34. The molecule has 0 aliphatic carbocycles. The molecule has 0 fully saturated rings. The van der Waals surface area contributed by atoms with Crippen LogP contribution in [-0.4, -0.2) is 34.6 Å². The van der Waals surface area contributed by atoms with Crippen LogP contribution in [0.1, 0.15) is 24.4 Å². The van der Waals surface area contributed by atoms with E-state index in [-0.39, 0.29) is 5.56 Å². The molecule has 10 nitrogen and oxygen atoms in total. The molecule has 1 unspecified atom stereocenters. The Morgan fingerprint density at radius 3 is 2.85 bits per heavy atom. The minimum absolute atomic E-state index is 0.283. The summed E-state index contributed by atoms with van der Waals surface area (Å²) in [5.74, 6) is 0.720. The second kappa shape index (κ2) is 8.69. The summed E-state index contributed by atoms with van der Waals surface area (Å²) in [4.78, 5) is 38.1. The average molecular weight is 557 g/mol. The molecular weight excluding hydrogens is 540 g/mol. The summed E-state index contributed by atoms with van der Waals surface area (Å²) in [5, 5.41) is 3.77. The molecule has 33 heavy (non-hydrogen) atoms. The molecule has 5 rings (SSSR count). The van der Waals surface area contributed by atoms with Crippen molar-refractivity contribution in [3.8, 4) is 0 Å². The second-order valence-corrected chi connectivity index (χ2v) is 7.98. The molecule has 0 saturated heterocycles. The highest BCUT2D eigenvalue weighted by Crippen LogP contribution is 2.23. The molecule has 0 saturated carbocycles. The van der Waals surface area contributed by atoms with Gasteiger partial charge in [0.1, 0.15) is 23.5 Å². The zero-order valence-electron chi connectivity index (χ0n) is 17.3. The third-order valence-corrected chi connectivity index (χ3v) is 5.89. The fourth-order valence-electron chi connectivity index (χ4n) is 3.52. The summed E-state index contributed by atoms with van der Waals surface area (Å²) >= 11 is 2.21. The second-order valence-electron chi connectivity index (χ2n) is 7.22. The molecule has 0 radical (unpaired) electrons. The van der Waals surface area contributed by atoms with Crippen molar-refractivity contribution in [1.82, 2.24) is 34.6 Å². The Balaban J connectivity index is 1.65. The van der Waals surface area contributed by atoms with Crippen molar-refractivity contribution >= 4 is 56.3 Å². The Morgan fingerprint density at radius 2 is 2.06 bits per heavy atom. The molecule has 1 aromatic carbocycles. The Morgan fingerprint density at radius 1 is 1.18 bits per heavy atom. The molecule has 4 aromatic heterocycles. The number of halogens is 2. The lowest BCUT2D eigenvalue weighted by atomic mass is 10.1. The number of rotatable bonds is 6. The van der Waals surface area contributed by atoms with Crippen LogP contribution in [-0.2, 0) is 4.43 Å². The predicted octanol–water partition coefficient (Wildman–Crippen LogP) is 3.58. The summed E-state index contributed by atoms with van der Waals surface area (Å²) in [7, 11) is 0. The van der Waals surface area contributed by atoms with Gasteiger partial charge in [0.25, 0.3) is 5.56 Å². The molecule has 0 spiro atoms. The third kappa shape index (κ3) is 3.97. The monoisotopic (exact) mass is 557 g/mol. The molecule has 4 heterocycles. The predicted molar refractivity (Wildman–Crippen MR) is 131 cm³/mol. The van der Waals surface area contributed by atoms with Gasteiger partial charge in [0.2, 0.25) is 0 Å². The van der Waals surface area contributed by atoms with Crippen molar-refractivity contribution in [1.29, 1.82) is 0 Å². The largest absolute Gasteiger partial charge is 0.358 e. The van der Waals surface area contributed by atoms with Crippen LogP contribution in [0.5, 0.6) is 0 Å². The zero-order valence-corrected chi connectivity index (χ0v) is 19.4. The normalized spacial score (nSPS) is 12.2. The number of hydrogen-bond acceptors (Lipinski definition) is 8. The van der Waals surface area contributed by atoms with E-state index in [1.165, 1.54) is 29.5 Å². The van der Waals surface area contributed by atoms with Gasteiger partial charge in [-0.05, 0) is 30.7 Å². The van der Waals surface area contributed by atoms with Crippen molar-refractivity contribution in [2.45, 2.75) is 17.4 Å². The summed E-state index contributed by atoms with van der Waals surface area (Å²) in [5.41, 5.74) is 5.30. The number of aromatic amines is 1. The number of fused-ring (bicyclic) bond motifs is 2. The van der Waals surface area contributed by atoms with E-state index in [0.29, 0.717) is 44.0 Å². The standard InChI is InChI=1S/C21H17FIN9O/c1-11(29-19-17-18(26-9-25-17)27-10-28-19)20-30-14-4-2-3-12(7-23)16(14)21(33)32(20)31-15-6-5-13(22)8-24-15/h2-6,8-11H,7H2,1H3,(H,24,31)(H2,25,26,27,28,29). The smallest absolute Gasteiger partial charge is 0.280 e. The van der Waals surface area contributed by atoms with Crippen LogP contribution in [0.3, 0.4) is 0 Å². The highest BCUT2D eigenvalue weighted by atomic mass is 127. The van der Waals surface area contributed by atoms with Crippen LogP contribution in [0.15, 0.2) is 54.0 Å². The lowest BCUT2D eigenvalue weighted by Gasteiger charge is -2.21. The van der Waals surface area contributed by atoms with Crippen LogP contribution < -0.4 is 16.3 Å². The van der Waals surface area contributed by atoms with Gasteiger partial charge in [0.05, 0.1) is 29.5 Å². The van der Waals surface area contributed by atoms with Gasteiger partial charge in [-0.1, -0.05) is 34.7 Å². The molecule has 166 valence electrons. The van der Waals surface area contributed by atoms with Crippen molar-refractivity contribution in [3.63, 3.8) is 0 Å². The first kappa shape index (κ1) is 21.2. The van der Waals surface area contributed by atoms with E-state index in [9.17, 15) is 9.18 Å². The number of anilines is 2.